The zero-order chi connectivity index (χ0) is 21.0. The van der Waals surface area contributed by atoms with Gasteiger partial charge in [0.1, 0.15) is 0 Å². The van der Waals surface area contributed by atoms with Crippen molar-refractivity contribution in [1.29, 1.82) is 0 Å². The molecule has 27 heavy (non-hydrogen) atoms. The van der Waals surface area contributed by atoms with E-state index < -0.39 is 34.0 Å². The molecule has 0 saturated carbocycles. The van der Waals surface area contributed by atoms with E-state index in [9.17, 15) is 26.4 Å². The normalized spacial score (nSPS) is 13.2. The molecular formula is C17H25F3N2O4S. The number of amides is 1. The lowest BCUT2D eigenvalue weighted by atomic mass is 10.1. The molecule has 0 spiro atoms. The summed E-state index contributed by atoms with van der Waals surface area (Å²) in [5.41, 5.74) is 1.97. The summed E-state index contributed by atoms with van der Waals surface area (Å²) in [6, 6.07) is 5.20. The summed E-state index contributed by atoms with van der Waals surface area (Å²) >= 11 is 0. The number of benzene rings is 1. The Hall–Kier alpha value is -1.97. The van der Waals surface area contributed by atoms with Gasteiger partial charge in [0, 0.05) is 37.8 Å². The second-order valence-electron chi connectivity index (χ2n) is 6.21. The van der Waals surface area contributed by atoms with Gasteiger partial charge in [-0.05, 0) is 44.5 Å². The van der Waals surface area contributed by atoms with E-state index in [1.807, 2.05) is 19.9 Å². The van der Waals surface area contributed by atoms with Gasteiger partial charge in [0.15, 0.2) is 9.84 Å². The number of carbonyl (C=O) groups is 1. The number of halogens is 3. The Morgan fingerprint density at radius 1 is 1.22 bits per heavy atom. The molecule has 0 heterocycles. The second-order valence-corrected chi connectivity index (χ2v) is 8.39. The highest BCUT2D eigenvalue weighted by Crippen LogP contribution is 2.28. The molecule has 0 aliphatic carbocycles. The minimum atomic E-state index is -4.98. The molecule has 0 fully saturated rings. The van der Waals surface area contributed by atoms with E-state index in [0.29, 0.717) is 17.5 Å². The predicted molar refractivity (Wildman–Crippen MR) is 99.2 cm³/mol. The molecule has 1 aromatic carbocycles. The predicted octanol–water partition coefficient (Wildman–Crippen LogP) is 3.39. The topological polar surface area (TPSA) is 66.9 Å². The lowest BCUT2D eigenvalue weighted by molar-refractivity contribution is -0.195. The van der Waals surface area contributed by atoms with Crippen LogP contribution in [0.1, 0.15) is 19.4 Å². The number of carbonyl (C=O) groups excluding carboxylic acids is 1. The molecule has 0 radical (unpaired) electrons. The van der Waals surface area contributed by atoms with Gasteiger partial charge >= 0.3 is 12.3 Å². The Morgan fingerprint density at radius 3 is 2.19 bits per heavy atom. The molecule has 1 unspecified atom stereocenters. The Labute approximate surface area is 157 Å². The summed E-state index contributed by atoms with van der Waals surface area (Å²) in [7, 11) is -2.72. The van der Waals surface area contributed by atoms with Crippen molar-refractivity contribution in [2.45, 2.75) is 33.1 Å². The van der Waals surface area contributed by atoms with E-state index in [2.05, 4.69) is 9.64 Å². The Morgan fingerprint density at radius 2 is 1.78 bits per heavy atom. The minimum Gasteiger partial charge on any atom is -0.435 e. The number of rotatable bonds is 7. The molecule has 0 aliphatic heterocycles. The molecule has 1 aromatic rings. The quantitative estimate of drug-likeness (QED) is 0.689. The third-order valence-electron chi connectivity index (χ3n) is 4.01. The summed E-state index contributed by atoms with van der Waals surface area (Å²) < 4.78 is 65.9. The van der Waals surface area contributed by atoms with E-state index in [1.165, 1.54) is 7.05 Å². The summed E-state index contributed by atoms with van der Waals surface area (Å²) in [5.74, 6) is -1.32. The highest BCUT2D eigenvalue weighted by molar-refractivity contribution is 7.90. The summed E-state index contributed by atoms with van der Waals surface area (Å²) in [4.78, 5) is 15.2. The van der Waals surface area contributed by atoms with Crippen molar-refractivity contribution in [3.8, 4) is 0 Å². The van der Waals surface area contributed by atoms with Crippen LogP contribution in [-0.2, 0) is 14.6 Å². The minimum absolute atomic E-state index is 0.371. The average molecular weight is 410 g/mol. The molecule has 0 aromatic heterocycles. The lowest BCUT2D eigenvalue weighted by Crippen LogP contribution is -2.42. The Bertz CT molecular complexity index is 762. The van der Waals surface area contributed by atoms with Gasteiger partial charge in [0.2, 0.25) is 6.10 Å². The van der Waals surface area contributed by atoms with Crippen LogP contribution in [0.4, 0.5) is 29.3 Å². The van der Waals surface area contributed by atoms with Crippen molar-refractivity contribution >= 4 is 27.3 Å². The molecule has 0 aliphatic rings. The first-order valence-corrected chi connectivity index (χ1v) is 10.4. The van der Waals surface area contributed by atoms with Gasteiger partial charge in [-0.15, -0.1) is 0 Å². The number of hydrogen-bond donors (Lipinski definition) is 0. The third-order valence-corrected chi connectivity index (χ3v) is 4.91. The van der Waals surface area contributed by atoms with Crippen molar-refractivity contribution in [2.75, 3.05) is 41.9 Å². The molecule has 1 amide bonds. The van der Waals surface area contributed by atoms with E-state index in [-0.39, 0.29) is 0 Å². The second kappa shape index (κ2) is 8.81. The Balaban J connectivity index is 3.03. The fourth-order valence-electron chi connectivity index (χ4n) is 2.57. The first kappa shape index (κ1) is 23.1. The van der Waals surface area contributed by atoms with Crippen molar-refractivity contribution < 1.29 is 31.1 Å². The van der Waals surface area contributed by atoms with Crippen LogP contribution in [0, 0.1) is 6.92 Å². The number of aryl methyl sites for hydroxylation is 1. The number of alkyl halides is 3. The zero-order valence-corrected chi connectivity index (χ0v) is 16.8. The van der Waals surface area contributed by atoms with Gasteiger partial charge in [-0.2, -0.15) is 13.2 Å². The molecule has 0 saturated heterocycles. The van der Waals surface area contributed by atoms with Gasteiger partial charge < -0.3 is 9.64 Å². The number of sulfone groups is 1. The van der Waals surface area contributed by atoms with E-state index in [0.717, 1.165) is 23.7 Å². The standard InChI is InChI=1S/C17H25F3N2O4S/c1-6-22(7-2)13-8-9-14(12(3)10-13)21(4)16(23)26-15(17(18,19)20)11-27(5,24)25/h8-10,15H,6-7,11H2,1-5H3. The van der Waals surface area contributed by atoms with Crippen LogP contribution >= 0.6 is 0 Å². The summed E-state index contributed by atoms with van der Waals surface area (Å²) in [6.07, 6.45) is -8.34. The lowest BCUT2D eigenvalue weighted by Gasteiger charge is -2.26. The van der Waals surface area contributed by atoms with Crippen molar-refractivity contribution in [2.24, 2.45) is 0 Å². The molecule has 154 valence electrons. The van der Waals surface area contributed by atoms with Crippen LogP contribution < -0.4 is 9.80 Å². The van der Waals surface area contributed by atoms with E-state index >= 15 is 0 Å². The number of hydrogen-bond acceptors (Lipinski definition) is 5. The maximum absolute atomic E-state index is 13.0. The van der Waals surface area contributed by atoms with Crippen molar-refractivity contribution in [1.82, 2.24) is 0 Å². The molecule has 10 heteroatoms. The van der Waals surface area contributed by atoms with Gasteiger partial charge in [-0.25, -0.2) is 13.2 Å². The van der Waals surface area contributed by atoms with Gasteiger partial charge in [-0.3, -0.25) is 4.90 Å². The maximum atomic E-state index is 13.0. The first-order valence-electron chi connectivity index (χ1n) is 8.34. The molecular weight excluding hydrogens is 385 g/mol. The molecule has 1 rings (SSSR count). The van der Waals surface area contributed by atoms with Crippen LogP contribution in [0.3, 0.4) is 0 Å². The van der Waals surface area contributed by atoms with Gasteiger partial charge in [-0.1, -0.05) is 0 Å². The van der Waals surface area contributed by atoms with Gasteiger partial charge in [0.05, 0.1) is 5.75 Å². The zero-order valence-electron chi connectivity index (χ0n) is 16.0. The fourth-order valence-corrected chi connectivity index (χ4v) is 3.38. The highest BCUT2D eigenvalue weighted by atomic mass is 32.2. The molecule has 0 N–H and O–H groups in total. The van der Waals surface area contributed by atoms with Crippen molar-refractivity contribution in [3.05, 3.63) is 23.8 Å². The van der Waals surface area contributed by atoms with Gasteiger partial charge in [0.25, 0.3) is 0 Å². The average Bonchev–Trinajstić information content (AvgIpc) is 2.52. The summed E-state index contributed by atoms with van der Waals surface area (Å²) in [5, 5.41) is 0. The van der Waals surface area contributed by atoms with Crippen LogP contribution in [0.2, 0.25) is 0 Å². The number of anilines is 2. The molecule has 6 nitrogen and oxygen atoms in total. The molecule has 0 bridgehead atoms. The maximum Gasteiger partial charge on any atom is 0.426 e. The van der Waals surface area contributed by atoms with Crippen molar-refractivity contribution in [3.63, 3.8) is 0 Å². The monoisotopic (exact) mass is 410 g/mol. The van der Waals surface area contributed by atoms with E-state index in [4.69, 9.17) is 0 Å². The van der Waals surface area contributed by atoms with Crippen LogP contribution in [-0.4, -0.2) is 58.9 Å². The fraction of sp³-hybridized carbons (Fsp3) is 0.588. The smallest absolute Gasteiger partial charge is 0.426 e. The summed E-state index contributed by atoms with van der Waals surface area (Å²) in [6.45, 7) is 7.28. The Kier molecular flexibility index (Phi) is 7.53. The van der Waals surface area contributed by atoms with Crippen LogP contribution in [0.15, 0.2) is 18.2 Å². The molecule has 1 atom stereocenters. The number of nitrogens with zero attached hydrogens (tertiary/aromatic N) is 2. The van der Waals surface area contributed by atoms with E-state index in [1.54, 1.807) is 19.1 Å². The van der Waals surface area contributed by atoms with Crippen LogP contribution in [0.5, 0.6) is 0 Å². The highest BCUT2D eigenvalue weighted by Gasteiger charge is 2.45. The first-order chi connectivity index (χ1) is 12.3. The largest absolute Gasteiger partial charge is 0.435 e. The number of ether oxygens (including phenoxy) is 1. The third kappa shape index (κ3) is 6.60. The SMILES string of the molecule is CCN(CC)c1ccc(N(C)C(=O)OC(CS(C)(=O)=O)C(F)(F)F)c(C)c1. The van der Waals surface area contributed by atoms with Crippen LogP contribution in [0.25, 0.3) is 0 Å².